The third kappa shape index (κ3) is 2.58. The van der Waals surface area contributed by atoms with E-state index >= 15 is 0 Å². The summed E-state index contributed by atoms with van der Waals surface area (Å²) in [5.74, 6) is -1.45. The number of rotatable bonds is 2. The van der Waals surface area contributed by atoms with Crippen LogP contribution in [0.25, 0.3) is 0 Å². The molecule has 0 heterocycles. The molecule has 2 aromatic rings. The average molecular weight is 315 g/mol. The molecule has 0 aliphatic carbocycles. The molecule has 0 saturated carbocycles. The van der Waals surface area contributed by atoms with Gasteiger partial charge in [-0.1, -0.05) is 22.0 Å². The van der Waals surface area contributed by atoms with Crippen LogP contribution in [0.2, 0.25) is 0 Å². The van der Waals surface area contributed by atoms with E-state index in [2.05, 4.69) is 15.9 Å². The van der Waals surface area contributed by atoms with Gasteiger partial charge in [0.2, 0.25) is 0 Å². The lowest BCUT2D eigenvalue weighted by Gasteiger charge is -2.14. The summed E-state index contributed by atoms with van der Waals surface area (Å²) >= 11 is 3.29. The largest absolute Gasteiger partial charge is 0.207 e. The summed E-state index contributed by atoms with van der Waals surface area (Å²) in [7, 11) is 0. The SMILES string of the molecule is Cc1ccc(F)cc1C(Br)c1cc(F)ccc1F. The molecule has 0 fully saturated rings. The van der Waals surface area contributed by atoms with Crippen molar-refractivity contribution in [3.63, 3.8) is 0 Å². The van der Waals surface area contributed by atoms with Gasteiger partial charge in [-0.3, -0.25) is 0 Å². The average Bonchev–Trinajstić information content (AvgIpc) is 2.34. The highest BCUT2D eigenvalue weighted by molar-refractivity contribution is 9.09. The van der Waals surface area contributed by atoms with E-state index in [4.69, 9.17) is 0 Å². The molecule has 18 heavy (non-hydrogen) atoms. The highest BCUT2D eigenvalue weighted by Crippen LogP contribution is 2.34. The van der Waals surface area contributed by atoms with Gasteiger partial charge in [0.1, 0.15) is 17.5 Å². The van der Waals surface area contributed by atoms with E-state index < -0.39 is 22.3 Å². The van der Waals surface area contributed by atoms with Crippen LogP contribution in [0.5, 0.6) is 0 Å². The first-order chi connectivity index (χ1) is 8.49. The molecule has 0 N–H and O–H groups in total. The molecule has 0 aliphatic heterocycles. The van der Waals surface area contributed by atoms with Gasteiger partial charge in [0.25, 0.3) is 0 Å². The zero-order valence-electron chi connectivity index (χ0n) is 9.55. The zero-order valence-corrected chi connectivity index (χ0v) is 11.1. The monoisotopic (exact) mass is 314 g/mol. The summed E-state index contributed by atoms with van der Waals surface area (Å²) in [4.78, 5) is -0.580. The van der Waals surface area contributed by atoms with Crippen molar-refractivity contribution in [3.8, 4) is 0 Å². The normalized spacial score (nSPS) is 12.5. The second kappa shape index (κ2) is 5.14. The lowest BCUT2D eigenvalue weighted by molar-refractivity contribution is 0.587. The molecule has 4 heteroatoms. The first-order valence-corrected chi connectivity index (χ1v) is 6.25. The van der Waals surface area contributed by atoms with Crippen LogP contribution in [-0.4, -0.2) is 0 Å². The van der Waals surface area contributed by atoms with E-state index in [0.29, 0.717) is 5.56 Å². The van der Waals surface area contributed by atoms with Crippen molar-refractivity contribution in [1.82, 2.24) is 0 Å². The van der Waals surface area contributed by atoms with Crippen LogP contribution >= 0.6 is 15.9 Å². The second-order valence-electron chi connectivity index (χ2n) is 4.03. The van der Waals surface area contributed by atoms with Crippen LogP contribution in [0.3, 0.4) is 0 Å². The summed E-state index contributed by atoms with van der Waals surface area (Å²) in [5, 5.41) is 0. The number of benzene rings is 2. The summed E-state index contributed by atoms with van der Waals surface area (Å²) < 4.78 is 40.0. The molecule has 94 valence electrons. The van der Waals surface area contributed by atoms with Crippen molar-refractivity contribution in [2.24, 2.45) is 0 Å². The zero-order chi connectivity index (χ0) is 13.3. The molecule has 0 saturated heterocycles. The van der Waals surface area contributed by atoms with Gasteiger partial charge in [0.15, 0.2) is 0 Å². The molecule has 0 bridgehead atoms. The van der Waals surface area contributed by atoms with E-state index in [9.17, 15) is 13.2 Å². The fourth-order valence-electron chi connectivity index (χ4n) is 1.76. The van der Waals surface area contributed by atoms with Crippen LogP contribution in [0.1, 0.15) is 21.5 Å². The fraction of sp³-hybridized carbons (Fsp3) is 0.143. The second-order valence-corrected chi connectivity index (χ2v) is 4.94. The van der Waals surface area contributed by atoms with Gasteiger partial charge in [0.05, 0.1) is 4.83 Å². The minimum Gasteiger partial charge on any atom is -0.207 e. The predicted octanol–water partition coefficient (Wildman–Crippen LogP) is 4.90. The Labute approximate surface area is 112 Å². The summed E-state index contributed by atoms with van der Waals surface area (Å²) in [5.41, 5.74) is 1.55. The predicted molar refractivity (Wildman–Crippen MR) is 68.3 cm³/mol. The molecule has 2 rings (SSSR count). The maximum absolute atomic E-state index is 13.6. The molecule has 0 aliphatic rings. The Morgan fingerprint density at radius 3 is 2.11 bits per heavy atom. The van der Waals surface area contributed by atoms with Crippen LogP contribution in [-0.2, 0) is 0 Å². The summed E-state index contributed by atoms with van der Waals surface area (Å²) in [6, 6.07) is 7.49. The molecular formula is C14H10BrF3. The van der Waals surface area contributed by atoms with Gasteiger partial charge >= 0.3 is 0 Å². The van der Waals surface area contributed by atoms with Gasteiger partial charge in [-0.15, -0.1) is 0 Å². The fourth-order valence-corrected chi connectivity index (χ4v) is 2.60. The van der Waals surface area contributed by atoms with Gasteiger partial charge in [-0.25, -0.2) is 13.2 Å². The van der Waals surface area contributed by atoms with E-state index in [1.54, 1.807) is 13.0 Å². The first kappa shape index (κ1) is 13.1. The highest BCUT2D eigenvalue weighted by Gasteiger charge is 2.18. The number of halogens is 4. The number of hydrogen-bond donors (Lipinski definition) is 0. The standard InChI is InChI=1S/C14H10BrF3/c1-8-2-3-9(16)6-11(8)14(15)12-7-10(17)4-5-13(12)18/h2-7,14H,1H3. The Kier molecular flexibility index (Phi) is 3.76. The lowest BCUT2D eigenvalue weighted by Crippen LogP contribution is -2.00. The molecule has 2 aromatic carbocycles. The highest BCUT2D eigenvalue weighted by atomic mass is 79.9. The maximum Gasteiger partial charge on any atom is 0.128 e. The Morgan fingerprint density at radius 2 is 1.44 bits per heavy atom. The third-order valence-electron chi connectivity index (χ3n) is 2.75. The Balaban J connectivity index is 2.50. The third-order valence-corrected chi connectivity index (χ3v) is 3.73. The molecule has 0 nitrogen and oxygen atoms in total. The Hall–Kier alpha value is -1.29. The molecule has 1 unspecified atom stereocenters. The molecule has 0 amide bonds. The van der Waals surface area contributed by atoms with Crippen molar-refractivity contribution >= 4 is 15.9 Å². The summed E-state index contributed by atoms with van der Waals surface area (Å²) in [6.45, 7) is 1.79. The van der Waals surface area contributed by atoms with Crippen molar-refractivity contribution in [3.05, 3.63) is 70.5 Å². The molecule has 1 atom stereocenters. The maximum atomic E-state index is 13.6. The van der Waals surface area contributed by atoms with Crippen molar-refractivity contribution in [2.75, 3.05) is 0 Å². The molecule has 0 aromatic heterocycles. The van der Waals surface area contributed by atoms with Crippen LogP contribution < -0.4 is 0 Å². The van der Waals surface area contributed by atoms with Crippen LogP contribution in [0, 0.1) is 24.4 Å². The van der Waals surface area contributed by atoms with E-state index in [1.165, 1.54) is 12.1 Å². The molecule has 0 radical (unpaired) electrons. The molecule has 0 spiro atoms. The van der Waals surface area contributed by atoms with Gasteiger partial charge in [-0.2, -0.15) is 0 Å². The lowest BCUT2D eigenvalue weighted by atomic mass is 10.00. The summed E-state index contributed by atoms with van der Waals surface area (Å²) in [6.07, 6.45) is 0. The number of aryl methyl sites for hydroxylation is 1. The minimum absolute atomic E-state index is 0.156. The van der Waals surface area contributed by atoms with Crippen LogP contribution in [0.15, 0.2) is 36.4 Å². The smallest absolute Gasteiger partial charge is 0.128 e. The van der Waals surface area contributed by atoms with Gasteiger partial charge in [-0.05, 0) is 48.4 Å². The quantitative estimate of drug-likeness (QED) is 0.692. The van der Waals surface area contributed by atoms with E-state index in [1.807, 2.05) is 0 Å². The first-order valence-electron chi connectivity index (χ1n) is 5.34. The Bertz CT molecular complexity index is 530. The minimum atomic E-state index is -0.580. The van der Waals surface area contributed by atoms with Gasteiger partial charge < -0.3 is 0 Å². The Morgan fingerprint density at radius 1 is 0.889 bits per heavy atom. The molecular weight excluding hydrogens is 305 g/mol. The van der Waals surface area contributed by atoms with Crippen molar-refractivity contribution in [2.45, 2.75) is 11.8 Å². The van der Waals surface area contributed by atoms with Crippen LogP contribution in [0.4, 0.5) is 13.2 Å². The van der Waals surface area contributed by atoms with Gasteiger partial charge in [0, 0.05) is 5.56 Å². The van der Waals surface area contributed by atoms with E-state index in [-0.39, 0.29) is 5.56 Å². The van der Waals surface area contributed by atoms with Crippen molar-refractivity contribution in [1.29, 1.82) is 0 Å². The topological polar surface area (TPSA) is 0 Å². The van der Waals surface area contributed by atoms with E-state index in [0.717, 1.165) is 23.8 Å². The van der Waals surface area contributed by atoms with Crippen molar-refractivity contribution < 1.29 is 13.2 Å². The number of hydrogen-bond acceptors (Lipinski definition) is 0. The number of alkyl halides is 1.